The van der Waals surface area contributed by atoms with E-state index in [2.05, 4.69) is 10.6 Å². The third kappa shape index (κ3) is 17.5. The van der Waals surface area contributed by atoms with E-state index in [1.54, 1.807) is 0 Å². The molecule has 0 radical (unpaired) electrons. The van der Waals surface area contributed by atoms with E-state index in [9.17, 15) is 27.2 Å². The van der Waals surface area contributed by atoms with E-state index < -0.39 is 23.3 Å². The van der Waals surface area contributed by atoms with Gasteiger partial charge < -0.3 is 10.6 Å². The molecule has 4 aromatic carbocycles. The molecule has 0 saturated heterocycles. The summed E-state index contributed by atoms with van der Waals surface area (Å²) in [4.78, 5) is 23.3. The largest absolute Gasteiger partial charge is 4.00 e. The Hall–Kier alpha value is -2.77. The van der Waals surface area contributed by atoms with E-state index in [4.69, 9.17) is 0 Å². The SMILES string of the molecule is CCC(CC)C(=O)Nc1ccc(F)[c-]c1F.CCC(CC)C(=O)Nc1ccc(F)[c-]c1F.[Ti+4].[Ti].c1cc[cH-]c1.c1cc[cH-]c1. The van der Waals surface area contributed by atoms with Crippen molar-refractivity contribution in [3.8, 4) is 0 Å². The molecule has 44 heavy (non-hydrogen) atoms. The van der Waals surface area contributed by atoms with Crippen molar-refractivity contribution in [2.45, 2.75) is 53.4 Å². The Bertz CT molecular complexity index is 1140. The number of rotatable bonds is 8. The number of anilines is 2. The van der Waals surface area contributed by atoms with Crippen LogP contribution in [-0.2, 0) is 53.0 Å². The van der Waals surface area contributed by atoms with Gasteiger partial charge in [0.25, 0.3) is 0 Å². The first-order valence-corrected chi connectivity index (χ1v) is 13.9. The number of hydrogen-bond donors (Lipinski definition) is 2. The van der Waals surface area contributed by atoms with Gasteiger partial charge in [-0.05, 0) is 37.1 Å². The molecule has 0 unspecified atom stereocenters. The molecule has 2 N–H and O–H groups in total. The molecule has 0 atom stereocenters. The van der Waals surface area contributed by atoms with Crippen molar-refractivity contribution in [3.05, 3.63) is 120 Å². The second-order valence-electron chi connectivity index (χ2n) is 9.00. The van der Waals surface area contributed by atoms with Gasteiger partial charge in [-0.1, -0.05) is 27.7 Å². The third-order valence-corrected chi connectivity index (χ3v) is 6.06. The average Bonchev–Trinajstić information content (AvgIpc) is 3.74. The van der Waals surface area contributed by atoms with Crippen molar-refractivity contribution in [2.24, 2.45) is 11.8 Å². The van der Waals surface area contributed by atoms with Gasteiger partial charge in [0.1, 0.15) is 0 Å². The van der Waals surface area contributed by atoms with Gasteiger partial charge in [-0.15, -0.1) is 36.4 Å². The van der Waals surface area contributed by atoms with Gasteiger partial charge in [0.05, 0.1) is 0 Å². The number of benzene rings is 2. The van der Waals surface area contributed by atoms with Crippen molar-refractivity contribution >= 4 is 23.2 Å². The normalized spacial score (nSPS) is 9.50. The molecule has 0 aliphatic carbocycles. The van der Waals surface area contributed by atoms with Crippen LogP contribution >= 0.6 is 0 Å². The van der Waals surface area contributed by atoms with Gasteiger partial charge in [0, 0.05) is 56.8 Å². The van der Waals surface area contributed by atoms with Gasteiger partial charge in [-0.3, -0.25) is 9.59 Å². The van der Waals surface area contributed by atoms with Gasteiger partial charge in [0.2, 0.25) is 11.8 Å². The van der Waals surface area contributed by atoms with Gasteiger partial charge in [0.15, 0.2) is 0 Å². The smallest absolute Gasteiger partial charge is 0.376 e. The third-order valence-electron chi connectivity index (χ3n) is 6.06. The van der Waals surface area contributed by atoms with Crippen LogP contribution in [0.25, 0.3) is 0 Å². The van der Waals surface area contributed by atoms with Crippen molar-refractivity contribution in [1.82, 2.24) is 0 Å². The van der Waals surface area contributed by atoms with E-state index in [-0.39, 0.29) is 78.5 Å². The fourth-order valence-corrected chi connectivity index (χ4v) is 3.51. The predicted molar refractivity (Wildman–Crippen MR) is 160 cm³/mol. The summed E-state index contributed by atoms with van der Waals surface area (Å²) in [6.45, 7) is 7.56. The predicted octanol–water partition coefficient (Wildman–Crippen LogP) is 9.09. The average molecular weight is 678 g/mol. The minimum atomic E-state index is -0.876. The second kappa shape index (κ2) is 25.5. The Morgan fingerprint density at radius 2 is 0.932 bits per heavy atom. The first kappa shape index (κ1) is 43.4. The van der Waals surface area contributed by atoms with E-state index in [1.165, 1.54) is 12.1 Å². The summed E-state index contributed by atoms with van der Waals surface area (Å²) in [6.07, 6.45) is 2.76. The molecule has 0 aromatic heterocycles. The molecule has 232 valence electrons. The molecule has 4 rings (SSSR count). The first-order chi connectivity index (χ1) is 20.2. The summed E-state index contributed by atoms with van der Waals surface area (Å²) in [7, 11) is 0. The molecule has 0 aliphatic heterocycles. The zero-order valence-corrected chi connectivity index (χ0v) is 28.5. The number of carbonyl (C=O) groups is 2. The van der Waals surface area contributed by atoms with E-state index in [1.807, 2.05) is 100 Å². The number of hydrogen-bond acceptors (Lipinski definition) is 2. The molecule has 0 fully saturated rings. The standard InChI is InChI=1S/2C12H14F2NO.2C5H5.2Ti/c2*1-3-8(4-2)12(16)15-11-6-5-9(13)7-10(11)14;2*1-2-4-5-3-1;;/h2*5-6,8H,3-4H2,1-2H3,(H,15,16);2*1-5H;;/q4*-1;;+4. The van der Waals surface area contributed by atoms with Crippen molar-refractivity contribution in [2.75, 3.05) is 10.6 Å². The molecule has 0 spiro atoms. The van der Waals surface area contributed by atoms with Crippen LogP contribution in [0.1, 0.15) is 53.4 Å². The van der Waals surface area contributed by atoms with Crippen LogP contribution in [0, 0.1) is 47.2 Å². The Labute approximate surface area is 288 Å². The second-order valence-corrected chi connectivity index (χ2v) is 9.00. The fraction of sp³-hybridized carbons (Fsp3) is 0.294. The number of halogens is 4. The van der Waals surface area contributed by atoms with Crippen LogP contribution in [0.4, 0.5) is 28.9 Å². The molecule has 0 aliphatic rings. The van der Waals surface area contributed by atoms with Crippen molar-refractivity contribution in [3.63, 3.8) is 0 Å². The monoisotopic (exact) mass is 678 g/mol. The summed E-state index contributed by atoms with van der Waals surface area (Å²) < 4.78 is 51.5. The van der Waals surface area contributed by atoms with Crippen LogP contribution in [0.3, 0.4) is 0 Å². The summed E-state index contributed by atoms with van der Waals surface area (Å²) in [5.74, 6) is -4.10. The summed E-state index contributed by atoms with van der Waals surface area (Å²) in [5.41, 5.74) is -0.0587. The molecule has 0 bridgehead atoms. The molecule has 0 heterocycles. The summed E-state index contributed by atoms with van der Waals surface area (Å²) >= 11 is 0. The van der Waals surface area contributed by atoms with Crippen LogP contribution in [0.15, 0.2) is 84.9 Å². The molecular formula is C34H38F4N2O2Ti2. The minimum Gasteiger partial charge on any atom is -0.376 e. The molecule has 4 nitrogen and oxygen atoms in total. The Morgan fingerprint density at radius 3 is 1.14 bits per heavy atom. The van der Waals surface area contributed by atoms with Crippen LogP contribution < -0.4 is 10.6 Å². The maximum Gasteiger partial charge on any atom is 4.00 e. The molecule has 2 amide bonds. The zero-order chi connectivity index (χ0) is 31.3. The van der Waals surface area contributed by atoms with Crippen LogP contribution in [0.2, 0.25) is 0 Å². The van der Waals surface area contributed by atoms with E-state index in [0.717, 1.165) is 12.1 Å². The Morgan fingerprint density at radius 1 is 0.636 bits per heavy atom. The van der Waals surface area contributed by atoms with E-state index in [0.29, 0.717) is 25.7 Å². The Balaban J connectivity index is 0. The topological polar surface area (TPSA) is 58.2 Å². The summed E-state index contributed by atoms with van der Waals surface area (Å²) in [5, 5.41) is 4.86. The van der Waals surface area contributed by atoms with Gasteiger partial charge >= 0.3 is 21.7 Å². The van der Waals surface area contributed by atoms with E-state index >= 15 is 0 Å². The molecule has 4 aromatic rings. The number of amides is 2. The molecule has 10 heteroatoms. The number of nitrogens with one attached hydrogen (secondary N) is 2. The van der Waals surface area contributed by atoms with Crippen molar-refractivity contribution < 1.29 is 70.6 Å². The maximum atomic E-state index is 13.2. The van der Waals surface area contributed by atoms with Crippen molar-refractivity contribution in [1.29, 1.82) is 0 Å². The first-order valence-electron chi connectivity index (χ1n) is 13.9. The summed E-state index contributed by atoms with van der Waals surface area (Å²) in [6, 6.07) is 28.3. The van der Waals surface area contributed by atoms with Gasteiger partial charge in [-0.25, -0.2) is 41.8 Å². The van der Waals surface area contributed by atoms with Crippen LogP contribution in [-0.4, -0.2) is 11.8 Å². The fourth-order valence-electron chi connectivity index (χ4n) is 3.51. The maximum absolute atomic E-state index is 13.2. The Kier molecular flexibility index (Phi) is 25.2. The quantitative estimate of drug-likeness (QED) is 0.111. The number of carbonyl (C=O) groups excluding carboxylic acids is 2. The van der Waals surface area contributed by atoms with Gasteiger partial charge in [-0.2, -0.15) is 36.4 Å². The molecule has 0 saturated carbocycles. The molecular weight excluding hydrogens is 640 g/mol. The minimum absolute atomic E-state index is 0. The van der Waals surface area contributed by atoms with Crippen LogP contribution in [0.5, 0.6) is 0 Å². The zero-order valence-electron chi connectivity index (χ0n) is 25.4.